The molecule has 0 heterocycles. The number of hydroxylamine groups is 1. The topological polar surface area (TPSA) is 21.3 Å². The summed E-state index contributed by atoms with van der Waals surface area (Å²) in [5.41, 5.74) is 4.25. The van der Waals surface area contributed by atoms with Crippen molar-refractivity contribution in [3.05, 3.63) is 11.8 Å². The van der Waals surface area contributed by atoms with Crippen LogP contribution in [0.15, 0.2) is 11.8 Å². The van der Waals surface area contributed by atoms with E-state index in [2.05, 4.69) is 11.6 Å². The van der Waals surface area contributed by atoms with Crippen molar-refractivity contribution in [3.63, 3.8) is 0 Å². The molecule has 0 unspecified atom stereocenters. The first kappa shape index (κ1) is 11.6. The molecule has 1 rings (SSSR count). The Balaban J connectivity index is 2.32. The predicted octanol–water partition coefficient (Wildman–Crippen LogP) is 3.55. The van der Waals surface area contributed by atoms with Crippen LogP contribution in [0.25, 0.3) is 0 Å². The molecule has 0 amide bonds. The fourth-order valence-corrected chi connectivity index (χ4v) is 1.95. The van der Waals surface area contributed by atoms with Crippen LogP contribution in [0.3, 0.4) is 0 Å². The van der Waals surface area contributed by atoms with Gasteiger partial charge in [-0.1, -0.05) is 38.2 Å². The van der Waals surface area contributed by atoms with E-state index in [1.165, 1.54) is 57.1 Å². The summed E-state index contributed by atoms with van der Waals surface area (Å²) in [5.74, 6) is 0. The van der Waals surface area contributed by atoms with Gasteiger partial charge in [-0.05, 0) is 25.7 Å². The highest BCUT2D eigenvalue weighted by Gasteiger charge is 1.99. The Labute approximate surface area is 87.7 Å². The van der Waals surface area contributed by atoms with Crippen LogP contribution >= 0.6 is 0 Å². The van der Waals surface area contributed by atoms with E-state index >= 15 is 0 Å². The van der Waals surface area contributed by atoms with Crippen molar-refractivity contribution in [2.45, 2.75) is 57.8 Å². The van der Waals surface area contributed by atoms with Crippen molar-refractivity contribution in [1.29, 1.82) is 0 Å². The largest absolute Gasteiger partial charge is 0.280 e. The zero-order valence-corrected chi connectivity index (χ0v) is 9.35. The second-order valence-electron chi connectivity index (χ2n) is 4.05. The Hall–Kier alpha value is -0.500. The van der Waals surface area contributed by atoms with Crippen LogP contribution in [-0.2, 0) is 4.84 Å². The van der Waals surface area contributed by atoms with Crippen molar-refractivity contribution in [1.82, 2.24) is 5.48 Å². The normalized spacial score (nSPS) is 20.8. The summed E-state index contributed by atoms with van der Waals surface area (Å²) in [4.78, 5) is 4.96. The van der Waals surface area contributed by atoms with Gasteiger partial charge in [0.25, 0.3) is 0 Å². The van der Waals surface area contributed by atoms with Gasteiger partial charge in [0, 0.05) is 5.70 Å². The lowest BCUT2D eigenvalue weighted by molar-refractivity contribution is 0.114. The third kappa shape index (κ3) is 5.28. The van der Waals surface area contributed by atoms with Crippen LogP contribution in [0.1, 0.15) is 57.8 Å². The fourth-order valence-electron chi connectivity index (χ4n) is 1.95. The number of allylic oxidation sites excluding steroid dienone is 2. The number of hydrogen-bond donors (Lipinski definition) is 1. The van der Waals surface area contributed by atoms with Gasteiger partial charge < -0.3 is 0 Å². The molecular formula is C12H23NO. The molecule has 0 aliphatic heterocycles. The third-order valence-electron chi connectivity index (χ3n) is 2.77. The monoisotopic (exact) mass is 197 g/mol. The van der Waals surface area contributed by atoms with E-state index in [0.29, 0.717) is 0 Å². The second kappa shape index (κ2) is 7.86. The molecule has 2 heteroatoms. The molecule has 0 saturated heterocycles. The molecule has 0 saturated carbocycles. The van der Waals surface area contributed by atoms with Crippen LogP contribution in [0.5, 0.6) is 0 Å². The highest BCUT2D eigenvalue weighted by atomic mass is 16.6. The SMILES string of the molecule is CONC1=CCCCCCCCCC1. The minimum Gasteiger partial charge on any atom is -0.280 e. The summed E-state index contributed by atoms with van der Waals surface area (Å²) in [6.07, 6.45) is 14.3. The van der Waals surface area contributed by atoms with Crippen LogP contribution in [0, 0.1) is 0 Å². The molecule has 0 bridgehead atoms. The Kier molecular flexibility index (Phi) is 6.50. The zero-order chi connectivity index (χ0) is 10.1. The Bertz CT molecular complexity index is 166. The van der Waals surface area contributed by atoms with Gasteiger partial charge in [0.05, 0.1) is 7.11 Å². The van der Waals surface area contributed by atoms with Crippen LogP contribution in [0.4, 0.5) is 0 Å². The summed E-state index contributed by atoms with van der Waals surface area (Å²) in [5, 5.41) is 0. The van der Waals surface area contributed by atoms with E-state index in [-0.39, 0.29) is 0 Å². The molecule has 1 N–H and O–H groups in total. The van der Waals surface area contributed by atoms with Gasteiger partial charge in [0.2, 0.25) is 0 Å². The van der Waals surface area contributed by atoms with Gasteiger partial charge in [-0.3, -0.25) is 10.3 Å². The minimum absolute atomic E-state index is 1.15. The average Bonchev–Trinajstić information content (AvgIpc) is 2.24. The van der Waals surface area contributed by atoms with Crippen molar-refractivity contribution < 1.29 is 4.84 Å². The van der Waals surface area contributed by atoms with Crippen molar-refractivity contribution in [2.24, 2.45) is 0 Å². The highest BCUT2D eigenvalue weighted by molar-refractivity contribution is 4.97. The molecule has 1 aliphatic carbocycles. The molecule has 0 aromatic heterocycles. The lowest BCUT2D eigenvalue weighted by Crippen LogP contribution is -2.11. The van der Waals surface area contributed by atoms with Gasteiger partial charge in [-0.25, -0.2) is 0 Å². The Morgan fingerprint density at radius 1 is 1.00 bits per heavy atom. The molecule has 0 aromatic carbocycles. The van der Waals surface area contributed by atoms with Gasteiger partial charge in [0.15, 0.2) is 0 Å². The lowest BCUT2D eigenvalue weighted by Gasteiger charge is -2.08. The summed E-state index contributed by atoms with van der Waals surface area (Å²) < 4.78 is 0. The third-order valence-corrected chi connectivity index (χ3v) is 2.77. The van der Waals surface area contributed by atoms with Crippen molar-refractivity contribution in [2.75, 3.05) is 7.11 Å². The van der Waals surface area contributed by atoms with E-state index in [1.54, 1.807) is 7.11 Å². The van der Waals surface area contributed by atoms with Crippen LogP contribution in [-0.4, -0.2) is 7.11 Å². The molecule has 82 valence electrons. The standard InChI is InChI=1S/C12H23NO/c1-14-13-12-10-8-6-4-2-3-5-7-9-11-12/h10,13H,2-9,11H2,1H3. The summed E-state index contributed by atoms with van der Waals surface area (Å²) in [7, 11) is 1.69. The average molecular weight is 197 g/mol. The molecule has 14 heavy (non-hydrogen) atoms. The maximum atomic E-state index is 4.96. The molecule has 0 aromatic rings. The van der Waals surface area contributed by atoms with E-state index in [1.807, 2.05) is 0 Å². The number of rotatable bonds is 2. The first-order valence-electron chi connectivity index (χ1n) is 5.91. The van der Waals surface area contributed by atoms with Gasteiger partial charge >= 0.3 is 0 Å². The van der Waals surface area contributed by atoms with Gasteiger partial charge in [0.1, 0.15) is 0 Å². The molecule has 0 atom stereocenters. The Morgan fingerprint density at radius 3 is 2.36 bits per heavy atom. The lowest BCUT2D eigenvalue weighted by atomic mass is 10.1. The summed E-state index contributed by atoms with van der Waals surface area (Å²) >= 11 is 0. The molecular weight excluding hydrogens is 174 g/mol. The zero-order valence-electron chi connectivity index (χ0n) is 9.35. The minimum atomic E-state index is 1.15. The molecule has 2 nitrogen and oxygen atoms in total. The van der Waals surface area contributed by atoms with Crippen molar-refractivity contribution >= 4 is 0 Å². The highest BCUT2D eigenvalue weighted by Crippen LogP contribution is 2.15. The van der Waals surface area contributed by atoms with Crippen LogP contribution < -0.4 is 5.48 Å². The summed E-state index contributed by atoms with van der Waals surface area (Å²) in [6, 6.07) is 0. The van der Waals surface area contributed by atoms with Gasteiger partial charge in [-0.2, -0.15) is 0 Å². The van der Waals surface area contributed by atoms with Crippen molar-refractivity contribution in [3.8, 4) is 0 Å². The van der Waals surface area contributed by atoms with E-state index < -0.39 is 0 Å². The molecule has 0 radical (unpaired) electrons. The maximum absolute atomic E-state index is 4.96. The smallest absolute Gasteiger partial charge is 0.0636 e. The van der Waals surface area contributed by atoms with Gasteiger partial charge in [-0.15, -0.1) is 0 Å². The summed E-state index contributed by atoms with van der Waals surface area (Å²) in [6.45, 7) is 0. The molecule has 0 spiro atoms. The number of hydrogen-bond acceptors (Lipinski definition) is 2. The molecule has 0 fully saturated rings. The first-order valence-corrected chi connectivity index (χ1v) is 5.91. The first-order chi connectivity index (χ1) is 6.93. The second-order valence-corrected chi connectivity index (χ2v) is 4.05. The number of nitrogens with one attached hydrogen (secondary N) is 1. The van der Waals surface area contributed by atoms with E-state index in [4.69, 9.17) is 4.84 Å². The maximum Gasteiger partial charge on any atom is 0.0636 e. The fraction of sp³-hybridized carbons (Fsp3) is 0.833. The Morgan fingerprint density at radius 2 is 1.64 bits per heavy atom. The quantitative estimate of drug-likeness (QED) is 0.684. The van der Waals surface area contributed by atoms with E-state index in [0.717, 1.165) is 6.42 Å². The molecule has 1 aliphatic rings. The predicted molar refractivity (Wildman–Crippen MR) is 59.8 cm³/mol. The van der Waals surface area contributed by atoms with Crippen LogP contribution in [0.2, 0.25) is 0 Å². The van der Waals surface area contributed by atoms with E-state index in [9.17, 15) is 0 Å².